The number of H-pyrrole nitrogens is 1. The smallest absolute Gasteiger partial charge is 0.255 e. The zero-order valence-corrected chi connectivity index (χ0v) is 21.3. The first kappa shape index (κ1) is 24.4. The predicted molar refractivity (Wildman–Crippen MR) is 139 cm³/mol. The van der Waals surface area contributed by atoms with Gasteiger partial charge in [0.1, 0.15) is 18.5 Å². The van der Waals surface area contributed by atoms with Gasteiger partial charge in [-0.15, -0.1) is 0 Å². The minimum absolute atomic E-state index is 0.0126. The number of hydrogen-bond acceptors (Lipinski definition) is 7. The number of fused-ring (bicyclic) bond motifs is 1. The molecule has 2 unspecified atom stereocenters. The zero-order chi connectivity index (χ0) is 25.2. The average Bonchev–Trinajstić information content (AvgIpc) is 3.21. The summed E-state index contributed by atoms with van der Waals surface area (Å²) in [5, 5.41) is 6.92. The van der Waals surface area contributed by atoms with Crippen LogP contribution in [0.5, 0.6) is 11.5 Å². The van der Waals surface area contributed by atoms with E-state index in [2.05, 4.69) is 32.5 Å². The second kappa shape index (κ2) is 10.4. The lowest BCUT2D eigenvalue weighted by atomic mass is 10.0. The van der Waals surface area contributed by atoms with Crippen LogP contribution in [0.3, 0.4) is 0 Å². The quantitative estimate of drug-likeness (QED) is 0.442. The number of carbonyl (C=O) groups is 1. The van der Waals surface area contributed by atoms with Crippen LogP contribution in [0.2, 0.25) is 5.02 Å². The Labute approximate surface area is 215 Å². The third-order valence-electron chi connectivity index (χ3n) is 6.44. The van der Waals surface area contributed by atoms with Crippen LogP contribution in [-0.4, -0.2) is 73.4 Å². The number of aromatic nitrogens is 2. The number of methoxy groups -OCH3 is 1. The van der Waals surface area contributed by atoms with Crippen LogP contribution in [0.15, 0.2) is 36.7 Å². The number of hydrogen-bond donors (Lipinski definition) is 3. The summed E-state index contributed by atoms with van der Waals surface area (Å²) in [5.74, 6) is 0.946. The molecule has 2 aromatic heterocycles. The Morgan fingerprint density at radius 3 is 3.00 bits per heavy atom. The molecule has 36 heavy (non-hydrogen) atoms. The second-order valence-corrected chi connectivity index (χ2v) is 9.60. The third-order valence-corrected chi connectivity index (χ3v) is 6.74. The van der Waals surface area contributed by atoms with Gasteiger partial charge in [-0.1, -0.05) is 17.7 Å². The van der Waals surface area contributed by atoms with Crippen molar-refractivity contribution >= 4 is 28.9 Å². The van der Waals surface area contributed by atoms with Gasteiger partial charge in [0.05, 0.1) is 47.6 Å². The lowest BCUT2D eigenvalue weighted by Gasteiger charge is -2.30. The number of likely N-dealkylation sites (N-methyl/N-ethyl adjacent to an activating group) is 1. The number of nitrogens with one attached hydrogen (secondary N) is 3. The first-order valence-corrected chi connectivity index (χ1v) is 12.3. The number of nitrogens with zero attached hydrogens (tertiary/aromatic N) is 2. The van der Waals surface area contributed by atoms with Gasteiger partial charge in [-0.2, -0.15) is 0 Å². The Hall–Kier alpha value is -3.27. The summed E-state index contributed by atoms with van der Waals surface area (Å²) in [4.78, 5) is 23.1. The van der Waals surface area contributed by atoms with E-state index in [1.54, 1.807) is 25.6 Å². The fourth-order valence-corrected chi connectivity index (χ4v) is 4.99. The maximum Gasteiger partial charge on any atom is 0.255 e. The minimum Gasteiger partial charge on any atom is -0.493 e. The van der Waals surface area contributed by atoms with E-state index in [4.69, 9.17) is 25.8 Å². The number of amides is 1. The summed E-state index contributed by atoms with van der Waals surface area (Å²) >= 11 is 6.37. The molecule has 0 aliphatic carbocycles. The summed E-state index contributed by atoms with van der Waals surface area (Å²) in [5.41, 5.74) is 4.20. The molecule has 0 saturated carbocycles. The van der Waals surface area contributed by atoms with E-state index in [0.29, 0.717) is 53.1 Å². The van der Waals surface area contributed by atoms with E-state index in [1.807, 2.05) is 25.1 Å². The van der Waals surface area contributed by atoms with Crippen molar-refractivity contribution in [2.24, 2.45) is 0 Å². The summed E-state index contributed by atoms with van der Waals surface area (Å²) in [6, 6.07) is 7.34. The molecule has 0 bridgehead atoms. The number of carbonyl (C=O) groups excluding carboxylic acids is 1. The van der Waals surface area contributed by atoms with E-state index < -0.39 is 0 Å². The molecular formula is C26H30ClN5O4. The normalized spacial score (nSPS) is 19.9. The maximum absolute atomic E-state index is 13.1. The monoisotopic (exact) mass is 511 g/mol. The molecule has 2 atom stereocenters. The molecule has 0 spiro atoms. The number of aromatic amines is 1. The number of halogens is 1. The fourth-order valence-electron chi connectivity index (χ4n) is 4.74. The standard InChI is InChI=1S/C26H30ClN5O4/c1-15-11-20-22(26(33)29-15)24(30-19-6-4-5-18(27)25(19)34-3)23(31-20)17-7-8-28-12-21(17)36-14-16-13-32(2)9-10-35-16/h4-8,12,15-16,30-31H,9-11,13-14H2,1-3H3,(H,29,33). The molecule has 2 aliphatic rings. The van der Waals surface area contributed by atoms with E-state index in [-0.39, 0.29) is 18.1 Å². The Balaban J connectivity index is 1.55. The summed E-state index contributed by atoms with van der Waals surface area (Å²) in [6.07, 6.45) is 4.04. The van der Waals surface area contributed by atoms with Crippen molar-refractivity contribution in [3.8, 4) is 22.8 Å². The largest absolute Gasteiger partial charge is 0.493 e. The van der Waals surface area contributed by atoms with Crippen molar-refractivity contribution in [1.29, 1.82) is 0 Å². The van der Waals surface area contributed by atoms with Crippen molar-refractivity contribution in [2.45, 2.75) is 25.5 Å². The molecule has 1 aromatic carbocycles. The Morgan fingerprint density at radius 2 is 2.19 bits per heavy atom. The molecule has 2 aliphatic heterocycles. The van der Waals surface area contributed by atoms with Crippen LogP contribution in [0.25, 0.3) is 11.3 Å². The minimum atomic E-state index is -0.148. The molecule has 1 amide bonds. The van der Waals surface area contributed by atoms with Gasteiger partial charge in [-0.3, -0.25) is 9.78 Å². The first-order valence-electron chi connectivity index (χ1n) is 12.0. The summed E-state index contributed by atoms with van der Waals surface area (Å²) in [6.45, 7) is 4.76. The lowest BCUT2D eigenvalue weighted by molar-refractivity contribution is -0.0403. The van der Waals surface area contributed by atoms with Gasteiger partial charge in [-0.25, -0.2) is 0 Å². The Kier molecular flexibility index (Phi) is 7.04. The highest BCUT2D eigenvalue weighted by Crippen LogP contribution is 2.43. The van der Waals surface area contributed by atoms with Gasteiger partial charge >= 0.3 is 0 Å². The van der Waals surface area contributed by atoms with Gasteiger partial charge in [0.15, 0.2) is 5.75 Å². The first-order chi connectivity index (χ1) is 17.4. The molecule has 1 saturated heterocycles. The summed E-state index contributed by atoms with van der Waals surface area (Å²) < 4.78 is 17.6. The SMILES string of the molecule is COc1c(Cl)cccc1Nc1c(-c2ccncc2OCC2CN(C)CCO2)[nH]c2c1C(=O)NC(C)C2. The zero-order valence-electron chi connectivity index (χ0n) is 20.6. The number of anilines is 2. The molecular weight excluding hydrogens is 482 g/mol. The topological polar surface area (TPSA) is 101 Å². The molecule has 0 radical (unpaired) electrons. The number of pyridine rings is 1. The van der Waals surface area contributed by atoms with Crippen LogP contribution < -0.4 is 20.1 Å². The third kappa shape index (κ3) is 4.86. The van der Waals surface area contributed by atoms with Gasteiger partial charge in [0.2, 0.25) is 0 Å². The van der Waals surface area contributed by atoms with E-state index in [1.165, 1.54) is 0 Å². The highest BCUT2D eigenvalue weighted by molar-refractivity contribution is 6.32. The van der Waals surface area contributed by atoms with E-state index in [9.17, 15) is 4.79 Å². The molecule has 9 nitrogen and oxygen atoms in total. The fraction of sp³-hybridized carbons (Fsp3) is 0.385. The predicted octanol–water partition coefficient (Wildman–Crippen LogP) is 3.87. The molecule has 10 heteroatoms. The van der Waals surface area contributed by atoms with Crippen molar-refractivity contribution in [3.05, 3.63) is 52.9 Å². The molecule has 190 valence electrons. The summed E-state index contributed by atoms with van der Waals surface area (Å²) in [7, 11) is 3.64. The molecule has 3 aromatic rings. The van der Waals surface area contributed by atoms with Gasteiger partial charge in [0, 0.05) is 43.0 Å². The van der Waals surface area contributed by atoms with Crippen molar-refractivity contribution in [3.63, 3.8) is 0 Å². The second-order valence-electron chi connectivity index (χ2n) is 9.19. The van der Waals surface area contributed by atoms with E-state index in [0.717, 1.165) is 30.0 Å². The van der Waals surface area contributed by atoms with Crippen molar-refractivity contribution in [1.82, 2.24) is 20.2 Å². The van der Waals surface area contributed by atoms with Crippen LogP contribution in [0.1, 0.15) is 23.0 Å². The Morgan fingerprint density at radius 1 is 1.33 bits per heavy atom. The van der Waals surface area contributed by atoms with E-state index >= 15 is 0 Å². The van der Waals surface area contributed by atoms with Gasteiger partial charge in [-0.05, 0) is 32.2 Å². The molecule has 5 rings (SSSR count). The molecule has 3 N–H and O–H groups in total. The number of benzene rings is 1. The molecule has 1 fully saturated rings. The van der Waals surface area contributed by atoms with Crippen molar-refractivity contribution in [2.75, 3.05) is 45.8 Å². The maximum atomic E-state index is 13.1. The average molecular weight is 512 g/mol. The number of para-hydroxylation sites is 1. The number of ether oxygens (including phenoxy) is 3. The van der Waals surface area contributed by atoms with Gasteiger partial charge < -0.3 is 34.7 Å². The highest BCUT2D eigenvalue weighted by Gasteiger charge is 2.31. The van der Waals surface area contributed by atoms with Crippen molar-refractivity contribution < 1.29 is 19.0 Å². The van der Waals surface area contributed by atoms with Crippen LogP contribution in [0, 0.1) is 0 Å². The molecule has 4 heterocycles. The van der Waals surface area contributed by atoms with Crippen LogP contribution >= 0.6 is 11.6 Å². The Bertz CT molecular complexity index is 1260. The van der Waals surface area contributed by atoms with Crippen LogP contribution in [-0.2, 0) is 11.2 Å². The highest BCUT2D eigenvalue weighted by atomic mass is 35.5. The number of rotatable bonds is 7. The lowest BCUT2D eigenvalue weighted by Crippen LogP contribution is -2.42. The van der Waals surface area contributed by atoms with Crippen LogP contribution in [0.4, 0.5) is 11.4 Å². The van der Waals surface area contributed by atoms with Gasteiger partial charge in [0.25, 0.3) is 5.91 Å². The number of morpholine rings is 1.